The maximum Gasteiger partial charge on any atom is 0.0480 e. The normalized spacial score (nSPS) is 13.2. The monoisotopic (exact) mass is 216 g/mol. The molecule has 0 bridgehead atoms. The molecule has 0 aliphatic carbocycles. The van der Waals surface area contributed by atoms with E-state index in [1.165, 1.54) is 22.2 Å². The van der Waals surface area contributed by atoms with Crippen molar-refractivity contribution < 1.29 is 0 Å². The molecule has 16 heavy (non-hydrogen) atoms. The molecule has 2 rings (SSSR count). The van der Waals surface area contributed by atoms with Gasteiger partial charge in [0.25, 0.3) is 0 Å². The van der Waals surface area contributed by atoms with Gasteiger partial charge in [0.1, 0.15) is 0 Å². The fourth-order valence-corrected chi connectivity index (χ4v) is 2.13. The van der Waals surface area contributed by atoms with Gasteiger partial charge in [0.05, 0.1) is 0 Å². The molecule has 0 fully saturated rings. The third kappa shape index (κ3) is 1.98. The van der Waals surface area contributed by atoms with Crippen LogP contribution < -0.4 is 5.73 Å². The lowest BCUT2D eigenvalue weighted by atomic mass is 10.1. The van der Waals surface area contributed by atoms with Crippen LogP contribution in [0.15, 0.2) is 24.3 Å². The molecule has 0 amide bonds. The molecule has 2 heteroatoms. The predicted molar refractivity (Wildman–Crippen MR) is 69.6 cm³/mol. The number of aryl methyl sites for hydroxylation is 2. The van der Waals surface area contributed by atoms with Gasteiger partial charge >= 0.3 is 0 Å². The lowest BCUT2D eigenvalue weighted by molar-refractivity contribution is 0.624. The van der Waals surface area contributed by atoms with E-state index in [4.69, 9.17) is 5.73 Å². The molecule has 1 unspecified atom stereocenters. The van der Waals surface area contributed by atoms with Crippen molar-refractivity contribution in [1.82, 2.24) is 4.57 Å². The van der Waals surface area contributed by atoms with Crippen molar-refractivity contribution in [2.45, 2.75) is 32.7 Å². The summed E-state index contributed by atoms with van der Waals surface area (Å²) in [6.07, 6.45) is 1.99. The maximum atomic E-state index is 6.01. The molecule has 2 N–H and O–H groups in total. The second-order valence-corrected chi connectivity index (χ2v) is 4.63. The Kier molecular flexibility index (Phi) is 3.01. The minimum atomic E-state index is 0.268. The van der Waals surface area contributed by atoms with E-state index in [1.807, 2.05) is 0 Å². The van der Waals surface area contributed by atoms with Gasteiger partial charge in [0, 0.05) is 36.1 Å². The Morgan fingerprint density at radius 2 is 2.06 bits per heavy atom. The van der Waals surface area contributed by atoms with Crippen molar-refractivity contribution in [1.29, 1.82) is 0 Å². The smallest absolute Gasteiger partial charge is 0.0480 e. The molecule has 2 nitrogen and oxygen atoms in total. The highest BCUT2D eigenvalue weighted by molar-refractivity contribution is 5.82. The SMILES string of the molecule is CCC(N)Cc1cc2cc(C)ccc2n1C. The lowest BCUT2D eigenvalue weighted by Gasteiger charge is -2.09. The van der Waals surface area contributed by atoms with Gasteiger partial charge in [-0.15, -0.1) is 0 Å². The first-order valence-electron chi connectivity index (χ1n) is 5.92. The summed E-state index contributed by atoms with van der Waals surface area (Å²) in [5, 5.41) is 1.32. The molecule has 2 aromatic rings. The van der Waals surface area contributed by atoms with E-state index in [0.29, 0.717) is 0 Å². The zero-order chi connectivity index (χ0) is 11.7. The van der Waals surface area contributed by atoms with Crippen molar-refractivity contribution in [2.75, 3.05) is 0 Å². The maximum absolute atomic E-state index is 6.01. The molecular formula is C14H20N2. The first-order valence-corrected chi connectivity index (χ1v) is 5.92. The number of nitrogens with zero attached hydrogens (tertiary/aromatic N) is 1. The second kappa shape index (κ2) is 4.30. The van der Waals surface area contributed by atoms with Gasteiger partial charge in [-0.1, -0.05) is 18.6 Å². The van der Waals surface area contributed by atoms with E-state index in [-0.39, 0.29) is 6.04 Å². The van der Waals surface area contributed by atoms with Crippen LogP contribution in [0, 0.1) is 6.92 Å². The molecule has 1 aromatic carbocycles. The summed E-state index contributed by atoms with van der Waals surface area (Å²) in [6, 6.07) is 9.11. The Hall–Kier alpha value is -1.28. The van der Waals surface area contributed by atoms with Crippen LogP contribution in [0.3, 0.4) is 0 Å². The van der Waals surface area contributed by atoms with Crippen LogP contribution >= 0.6 is 0 Å². The van der Waals surface area contributed by atoms with Crippen LogP contribution in [0.2, 0.25) is 0 Å². The van der Waals surface area contributed by atoms with Gasteiger partial charge < -0.3 is 10.3 Å². The summed E-state index contributed by atoms with van der Waals surface area (Å²) in [7, 11) is 2.12. The van der Waals surface area contributed by atoms with Crippen LogP contribution in [-0.4, -0.2) is 10.6 Å². The van der Waals surface area contributed by atoms with E-state index in [0.717, 1.165) is 12.8 Å². The standard InChI is InChI=1S/C14H20N2/c1-4-12(15)9-13-8-11-7-10(2)5-6-14(11)16(13)3/h5-8,12H,4,9,15H2,1-3H3. The third-order valence-electron chi connectivity index (χ3n) is 3.29. The molecule has 1 heterocycles. The van der Waals surface area contributed by atoms with Gasteiger partial charge in [-0.25, -0.2) is 0 Å². The number of benzene rings is 1. The summed E-state index contributed by atoms with van der Waals surface area (Å²) in [5.41, 5.74) is 9.95. The summed E-state index contributed by atoms with van der Waals surface area (Å²) in [6.45, 7) is 4.27. The fraction of sp³-hybridized carbons (Fsp3) is 0.429. The highest BCUT2D eigenvalue weighted by Gasteiger charge is 2.08. The van der Waals surface area contributed by atoms with E-state index in [1.54, 1.807) is 0 Å². The molecule has 86 valence electrons. The summed E-state index contributed by atoms with van der Waals surface area (Å²) in [5.74, 6) is 0. The van der Waals surface area contributed by atoms with Crippen molar-refractivity contribution in [2.24, 2.45) is 12.8 Å². The lowest BCUT2D eigenvalue weighted by Crippen LogP contribution is -2.22. The van der Waals surface area contributed by atoms with Gasteiger partial charge in [-0.05, 0) is 31.5 Å². The van der Waals surface area contributed by atoms with Crippen LogP contribution in [0.1, 0.15) is 24.6 Å². The number of hydrogen-bond acceptors (Lipinski definition) is 1. The van der Waals surface area contributed by atoms with E-state index >= 15 is 0 Å². The highest BCUT2D eigenvalue weighted by atomic mass is 14.9. The fourth-order valence-electron chi connectivity index (χ4n) is 2.13. The topological polar surface area (TPSA) is 30.9 Å². The number of aromatic nitrogens is 1. The largest absolute Gasteiger partial charge is 0.348 e. The van der Waals surface area contributed by atoms with Crippen molar-refractivity contribution in [3.05, 3.63) is 35.5 Å². The molecular weight excluding hydrogens is 196 g/mol. The molecule has 0 saturated carbocycles. The van der Waals surface area contributed by atoms with Gasteiger partial charge in [0.15, 0.2) is 0 Å². The summed E-state index contributed by atoms with van der Waals surface area (Å²) >= 11 is 0. The molecule has 0 radical (unpaired) electrons. The Morgan fingerprint density at radius 3 is 2.75 bits per heavy atom. The highest BCUT2D eigenvalue weighted by Crippen LogP contribution is 2.21. The Morgan fingerprint density at radius 1 is 1.31 bits per heavy atom. The van der Waals surface area contributed by atoms with Gasteiger partial charge in [0.2, 0.25) is 0 Å². The molecule has 0 saturated heterocycles. The van der Waals surface area contributed by atoms with Crippen molar-refractivity contribution >= 4 is 10.9 Å². The van der Waals surface area contributed by atoms with Crippen LogP contribution in [-0.2, 0) is 13.5 Å². The molecule has 0 aliphatic heterocycles. The molecule has 0 spiro atoms. The quantitative estimate of drug-likeness (QED) is 0.840. The van der Waals surface area contributed by atoms with Crippen molar-refractivity contribution in [3.8, 4) is 0 Å². The zero-order valence-electron chi connectivity index (χ0n) is 10.3. The average molecular weight is 216 g/mol. The van der Waals surface area contributed by atoms with E-state index in [2.05, 4.69) is 49.7 Å². The van der Waals surface area contributed by atoms with E-state index in [9.17, 15) is 0 Å². The zero-order valence-corrected chi connectivity index (χ0v) is 10.3. The number of rotatable bonds is 3. The summed E-state index contributed by atoms with van der Waals surface area (Å²) in [4.78, 5) is 0. The number of fused-ring (bicyclic) bond motifs is 1. The molecule has 0 aliphatic rings. The first kappa shape index (κ1) is 11.2. The second-order valence-electron chi connectivity index (χ2n) is 4.63. The van der Waals surface area contributed by atoms with Crippen LogP contribution in [0.5, 0.6) is 0 Å². The average Bonchev–Trinajstić information content (AvgIpc) is 2.55. The molecule has 1 atom stereocenters. The Labute approximate surface area is 97.1 Å². The first-order chi connectivity index (χ1) is 7.61. The number of nitrogens with two attached hydrogens (primary N) is 1. The van der Waals surface area contributed by atoms with Gasteiger partial charge in [-0.2, -0.15) is 0 Å². The third-order valence-corrected chi connectivity index (χ3v) is 3.29. The predicted octanol–water partition coefficient (Wildman–Crippen LogP) is 2.77. The minimum absolute atomic E-state index is 0.268. The van der Waals surface area contributed by atoms with Gasteiger partial charge in [-0.3, -0.25) is 0 Å². The van der Waals surface area contributed by atoms with Crippen molar-refractivity contribution in [3.63, 3.8) is 0 Å². The van der Waals surface area contributed by atoms with Crippen LogP contribution in [0.25, 0.3) is 10.9 Å². The molecule has 1 aromatic heterocycles. The van der Waals surface area contributed by atoms with Crippen LogP contribution in [0.4, 0.5) is 0 Å². The summed E-state index contributed by atoms with van der Waals surface area (Å²) < 4.78 is 2.25. The van der Waals surface area contributed by atoms with E-state index < -0.39 is 0 Å². The minimum Gasteiger partial charge on any atom is -0.348 e. The number of hydrogen-bond donors (Lipinski definition) is 1. The Bertz CT molecular complexity index is 497. The Balaban J connectivity index is 2.43.